The molecular formula is C32H38N6O2. The van der Waals surface area contributed by atoms with Crippen LogP contribution in [0.25, 0.3) is 17.3 Å². The van der Waals surface area contributed by atoms with Crippen LogP contribution in [0, 0.1) is 12.3 Å². The first-order valence-electron chi connectivity index (χ1n) is 14.4. The van der Waals surface area contributed by atoms with Crippen molar-refractivity contribution in [2.45, 2.75) is 72.4 Å². The quantitative estimate of drug-likeness (QED) is 0.491. The summed E-state index contributed by atoms with van der Waals surface area (Å²) in [6.45, 7) is 10.7. The highest BCUT2D eigenvalue weighted by Gasteiger charge is 2.37. The van der Waals surface area contributed by atoms with Crippen LogP contribution in [-0.4, -0.2) is 50.4 Å². The van der Waals surface area contributed by atoms with Crippen LogP contribution in [0.1, 0.15) is 72.9 Å². The zero-order valence-corrected chi connectivity index (χ0v) is 23.9. The zero-order chi connectivity index (χ0) is 28.2. The smallest absolute Gasteiger partial charge is 0.274 e. The van der Waals surface area contributed by atoms with Gasteiger partial charge in [0.1, 0.15) is 17.8 Å². The molecule has 3 aliphatic rings. The predicted molar refractivity (Wildman–Crippen MR) is 158 cm³/mol. The van der Waals surface area contributed by atoms with Gasteiger partial charge < -0.3 is 20.1 Å². The lowest BCUT2D eigenvalue weighted by Gasteiger charge is -2.31. The molecule has 6 rings (SSSR count). The van der Waals surface area contributed by atoms with Crippen LogP contribution in [0.3, 0.4) is 0 Å². The van der Waals surface area contributed by atoms with E-state index in [1.807, 2.05) is 47.9 Å². The van der Waals surface area contributed by atoms with Crippen molar-refractivity contribution in [1.29, 1.82) is 0 Å². The van der Waals surface area contributed by atoms with Gasteiger partial charge in [-0.05, 0) is 61.3 Å². The van der Waals surface area contributed by atoms with E-state index in [2.05, 4.69) is 40.5 Å². The van der Waals surface area contributed by atoms with Gasteiger partial charge in [0.2, 0.25) is 5.91 Å². The molecule has 2 N–H and O–H groups in total. The Labute approximate surface area is 235 Å². The summed E-state index contributed by atoms with van der Waals surface area (Å²) in [4.78, 5) is 38.9. The number of rotatable bonds is 5. The summed E-state index contributed by atoms with van der Waals surface area (Å²) < 4.78 is 2.24. The van der Waals surface area contributed by atoms with Gasteiger partial charge in [-0.15, -0.1) is 0 Å². The lowest BCUT2D eigenvalue weighted by atomic mass is 9.90. The van der Waals surface area contributed by atoms with Gasteiger partial charge in [0.15, 0.2) is 0 Å². The van der Waals surface area contributed by atoms with Crippen molar-refractivity contribution in [3.63, 3.8) is 0 Å². The van der Waals surface area contributed by atoms with Crippen LogP contribution >= 0.6 is 0 Å². The van der Waals surface area contributed by atoms with Crippen molar-refractivity contribution in [3.8, 4) is 11.3 Å². The number of amides is 2. The molecule has 208 valence electrons. The van der Waals surface area contributed by atoms with Gasteiger partial charge in [0.05, 0.1) is 11.7 Å². The Hall–Kier alpha value is -3.94. The van der Waals surface area contributed by atoms with E-state index in [0.29, 0.717) is 18.8 Å². The van der Waals surface area contributed by atoms with E-state index < -0.39 is 0 Å². The first-order valence-corrected chi connectivity index (χ1v) is 14.4. The number of fused-ring (bicyclic) bond motifs is 3. The molecule has 3 aromatic rings. The molecule has 8 heteroatoms. The number of benzene rings is 1. The number of hydrogen-bond acceptors (Lipinski definition) is 5. The molecule has 0 saturated carbocycles. The molecule has 8 nitrogen and oxygen atoms in total. The molecule has 1 fully saturated rings. The van der Waals surface area contributed by atoms with Crippen molar-refractivity contribution in [1.82, 2.24) is 19.4 Å². The minimum absolute atomic E-state index is 0.0433. The Morgan fingerprint density at radius 3 is 2.80 bits per heavy atom. The van der Waals surface area contributed by atoms with Crippen LogP contribution in [0.4, 0.5) is 11.5 Å². The first-order chi connectivity index (χ1) is 19.2. The van der Waals surface area contributed by atoms with E-state index in [1.54, 1.807) is 0 Å². The maximum absolute atomic E-state index is 13.8. The molecule has 0 spiro atoms. The number of anilines is 2. The zero-order valence-electron chi connectivity index (χ0n) is 23.9. The summed E-state index contributed by atoms with van der Waals surface area (Å²) in [5.74, 6) is 0.601. The van der Waals surface area contributed by atoms with Crippen LogP contribution in [-0.2, 0) is 24.2 Å². The van der Waals surface area contributed by atoms with Crippen molar-refractivity contribution in [2.24, 2.45) is 5.41 Å². The maximum atomic E-state index is 13.8. The number of nitrogen functional groups attached to an aromatic ring is 1. The highest BCUT2D eigenvalue weighted by Crippen LogP contribution is 2.40. The average molecular weight is 539 g/mol. The summed E-state index contributed by atoms with van der Waals surface area (Å²) >= 11 is 0. The van der Waals surface area contributed by atoms with E-state index in [4.69, 9.17) is 5.73 Å². The number of hydrogen-bond donors (Lipinski definition) is 1. The van der Waals surface area contributed by atoms with E-state index in [0.717, 1.165) is 72.5 Å². The standard InChI is InChI=1S/C32H38N6O2/c1-5-28(39)36-13-7-8-22(36)11-12-24-29(34-19-35-30(24)33)23-9-6-10-25(20(23)2)38-15-14-37-26(31(38)40)16-21-17-32(3,4)18-27(21)37/h6,9-12,16,19,22H,5,7-8,13-15,17-18H2,1-4H3,(H2,33,34,35)/t22-/m0/s1. The van der Waals surface area contributed by atoms with Crippen LogP contribution in [0.2, 0.25) is 0 Å². The molecule has 1 aliphatic carbocycles. The molecule has 1 saturated heterocycles. The Morgan fingerprint density at radius 1 is 1.18 bits per heavy atom. The van der Waals surface area contributed by atoms with E-state index in [1.165, 1.54) is 17.6 Å². The second-order valence-electron chi connectivity index (χ2n) is 12.1. The summed E-state index contributed by atoms with van der Waals surface area (Å²) in [5, 5.41) is 0. The molecule has 4 heterocycles. The fourth-order valence-electron chi connectivity index (χ4n) is 6.81. The molecule has 1 aromatic carbocycles. The van der Waals surface area contributed by atoms with Gasteiger partial charge in [-0.3, -0.25) is 9.59 Å². The van der Waals surface area contributed by atoms with Crippen LogP contribution in [0.5, 0.6) is 0 Å². The van der Waals surface area contributed by atoms with Gasteiger partial charge in [0.25, 0.3) is 5.91 Å². The van der Waals surface area contributed by atoms with Gasteiger partial charge in [-0.2, -0.15) is 0 Å². The lowest BCUT2D eigenvalue weighted by molar-refractivity contribution is -0.130. The first kappa shape index (κ1) is 26.3. The average Bonchev–Trinajstić information content (AvgIpc) is 3.61. The van der Waals surface area contributed by atoms with Crippen molar-refractivity contribution < 1.29 is 9.59 Å². The van der Waals surface area contributed by atoms with E-state index in [9.17, 15) is 9.59 Å². The highest BCUT2D eigenvalue weighted by atomic mass is 16.2. The van der Waals surface area contributed by atoms with Gasteiger partial charge in [-0.25, -0.2) is 9.97 Å². The Bertz CT molecular complexity index is 1530. The minimum atomic E-state index is 0.0433. The van der Waals surface area contributed by atoms with E-state index in [-0.39, 0.29) is 23.3 Å². The second-order valence-corrected chi connectivity index (χ2v) is 12.1. The van der Waals surface area contributed by atoms with Crippen LogP contribution < -0.4 is 10.6 Å². The second kappa shape index (κ2) is 9.91. The third kappa shape index (κ3) is 4.39. The summed E-state index contributed by atoms with van der Waals surface area (Å²) in [6.07, 6.45) is 9.95. The SMILES string of the molecule is CCC(=O)N1CCC[C@H]1C=Cc1c(N)ncnc1-c1cccc(N2CCn3c(cc4c3CC(C)(C)C4)C2=O)c1C. The summed E-state index contributed by atoms with van der Waals surface area (Å²) in [6, 6.07) is 8.17. The lowest BCUT2D eigenvalue weighted by Crippen LogP contribution is -2.41. The third-order valence-electron chi connectivity index (χ3n) is 8.80. The third-order valence-corrected chi connectivity index (χ3v) is 8.80. The molecule has 0 radical (unpaired) electrons. The maximum Gasteiger partial charge on any atom is 0.274 e. The summed E-state index contributed by atoms with van der Waals surface area (Å²) in [5.41, 5.74) is 14.3. The van der Waals surface area contributed by atoms with Crippen molar-refractivity contribution in [2.75, 3.05) is 23.7 Å². The number of likely N-dealkylation sites (tertiary alicyclic amines) is 1. The molecule has 1 atom stereocenters. The minimum Gasteiger partial charge on any atom is -0.383 e. The number of nitrogens with two attached hydrogens (primary N) is 1. The van der Waals surface area contributed by atoms with Gasteiger partial charge in [-0.1, -0.05) is 45.1 Å². The monoisotopic (exact) mass is 538 g/mol. The number of nitrogens with zero attached hydrogens (tertiary/aromatic N) is 5. The highest BCUT2D eigenvalue weighted by molar-refractivity contribution is 6.07. The fourth-order valence-corrected chi connectivity index (χ4v) is 6.81. The topological polar surface area (TPSA) is 97.3 Å². The Kier molecular flexibility index (Phi) is 6.51. The summed E-state index contributed by atoms with van der Waals surface area (Å²) in [7, 11) is 0. The normalized spacial score (nSPS) is 19.9. The number of aromatic nitrogens is 3. The number of carbonyl (C=O) groups is 2. The molecule has 40 heavy (non-hydrogen) atoms. The predicted octanol–water partition coefficient (Wildman–Crippen LogP) is 5.04. The van der Waals surface area contributed by atoms with E-state index >= 15 is 0 Å². The molecule has 2 amide bonds. The molecule has 2 aromatic heterocycles. The molecular weight excluding hydrogens is 500 g/mol. The molecule has 2 aliphatic heterocycles. The van der Waals surface area contributed by atoms with Crippen molar-refractivity contribution in [3.05, 3.63) is 64.7 Å². The molecule has 0 bridgehead atoms. The molecule has 0 unspecified atom stereocenters. The van der Waals surface area contributed by atoms with Crippen LogP contribution in [0.15, 0.2) is 36.7 Å². The Balaban J connectivity index is 1.33. The van der Waals surface area contributed by atoms with Gasteiger partial charge >= 0.3 is 0 Å². The fraction of sp³-hybridized carbons (Fsp3) is 0.438. The van der Waals surface area contributed by atoms with Gasteiger partial charge in [0, 0.05) is 48.6 Å². The largest absolute Gasteiger partial charge is 0.383 e. The van der Waals surface area contributed by atoms with Crippen molar-refractivity contribution >= 4 is 29.4 Å². The Morgan fingerprint density at radius 2 is 2.00 bits per heavy atom. The number of carbonyl (C=O) groups excluding carboxylic acids is 2.